The summed E-state index contributed by atoms with van der Waals surface area (Å²) in [7, 11) is -2.00. The molecule has 15 heteroatoms. The van der Waals surface area contributed by atoms with Crippen LogP contribution < -0.4 is 9.62 Å². The number of rotatable bonds is 17. The number of amides is 1. The van der Waals surface area contributed by atoms with Gasteiger partial charge in [-0.05, 0) is 54.5 Å². The second-order valence-electron chi connectivity index (χ2n) is 12.7. The first-order valence-electron chi connectivity index (χ1n) is 16.5. The van der Waals surface area contributed by atoms with E-state index in [1.165, 1.54) is 21.0 Å². The van der Waals surface area contributed by atoms with Crippen molar-refractivity contribution in [2.24, 2.45) is 0 Å². The average Bonchev–Trinajstić information content (AvgIpc) is 3.06. The number of carbonyl (C=O) groups excluding carboxylic acids is 4. The number of anilines is 1. The Hall–Kier alpha value is -3.89. The molecule has 2 aromatic carbocycles. The van der Waals surface area contributed by atoms with Gasteiger partial charge in [0.25, 0.3) is 0 Å². The summed E-state index contributed by atoms with van der Waals surface area (Å²) < 4.78 is 52.3. The molecule has 2 heterocycles. The van der Waals surface area contributed by atoms with Gasteiger partial charge in [0.2, 0.25) is 15.9 Å². The minimum Gasteiger partial charge on any atom is -0.467 e. The fraction of sp³-hybridized carbons (Fsp3) is 0.543. The molecule has 2 N–H and O–H groups in total. The number of methoxy groups -OCH3 is 1. The van der Waals surface area contributed by atoms with Gasteiger partial charge in [-0.15, -0.1) is 0 Å². The van der Waals surface area contributed by atoms with Crippen molar-refractivity contribution in [1.29, 1.82) is 0 Å². The summed E-state index contributed by atoms with van der Waals surface area (Å²) in [5, 5.41) is 10.4. The van der Waals surface area contributed by atoms with Crippen molar-refractivity contribution in [3.05, 3.63) is 65.2 Å². The molecule has 2 aliphatic heterocycles. The van der Waals surface area contributed by atoms with Crippen molar-refractivity contribution in [2.45, 2.75) is 88.9 Å². The molecule has 274 valence electrons. The van der Waals surface area contributed by atoms with Gasteiger partial charge in [0.15, 0.2) is 18.0 Å². The number of esters is 3. The minimum atomic E-state index is -3.22. The van der Waals surface area contributed by atoms with Gasteiger partial charge in [-0.1, -0.05) is 36.4 Å². The molecule has 0 aromatic heterocycles. The Bertz CT molecular complexity index is 1600. The molecule has 0 spiro atoms. The van der Waals surface area contributed by atoms with Gasteiger partial charge in [-0.2, -0.15) is 0 Å². The van der Waals surface area contributed by atoms with Crippen LogP contribution in [0.3, 0.4) is 0 Å². The Morgan fingerprint density at radius 1 is 1.00 bits per heavy atom. The van der Waals surface area contributed by atoms with Gasteiger partial charge in [0.05, 0.1) is 39.0 Å². The predicted molar refractivity (Wildman–Crippen MR) is 180 cm³/mol. The van der Waals surface area contributed by atoms with Crippen LogP contribution in [0, 0.1) is 0 Å². The largest absolute Gasteiger partial charge is 0.467 e. The molecule has 0 bridgehead atoms. The monoisotopic (exact) mass is 718 g/mol. The quantitative estimate of drug-likeness (QED) is 0.106. The molecule has 1 amide bonds. The molecule has 2 fully saturated rings. The number of β-lactam (4-membered cyclic amide) rings is 1. The molecular formula is C35H46N2O12S. The Kier molecular flexibility index (Phi) is 13.5. The molecule has 5 atom stereocenters. The molecular weight excluding hydrogens is 672 g/mol. The first kappa shape index (κ1) is 38.9. The number of ether oxygens (including phenoxy) is 5. The Morgan fingerprint density at radius 2 is 1.66 bits per heavy atom. The van der Waals surface area contributed by atoms with Gasteiger partial charge in [-0.3, -0.25) is 14.4 Å². The summed E-state index contributed by atoms with van der Waals surface area (Å²) in [6, 6.07) is 15.3. The first-order chi connectivity index (χ1) is 23.7. The van der Waals surface area contributed by atoms with E-state index < -0.39 is 58.6 Å². The van der Waals surface area contributed by atoms with Crippen molar-refractivity contribution >= 4 is 39.5 Å². The van der Waals surface area contributed by atoms with E-state index >= 15 is 0 Å². The maximum Gasteiger partial charge on any atom is 0.335 e. The molecule has 4 unspecified atom stereocenters. The topological polar surface area (TPSA) is 184 Å². The average molecular weight is 719 g/mol. The van der Waals surface area contributed by atoms with Crippen LogP contribution in [0.5, 0.6) is 0 Å². The molecule has 2 saturated heterocycles. The zero-order valence-corrected chi connectivity index (χ0v) is 29.6. The van der Waals surface area contributed by atoms with Crippen molar-refractivity contribution in [2.75, 3.05) is 38.0 Å². The second-order valence-corrected chi connectivity index (χ2v) is 14.5. The third-order valence-corrected chi connectivity index (χ3v) is 9.36. The molecule has 14 nitrogen and oxygen atoms in total. The summed E-state index contributed by atoms with van der Waals surface area (Å²) in [5.41, 5.74) is 2.26. The fourth-order valence-corrected chi connectivity index (χ4v) is 6.60. The number of benzene rings is 2. The lowest BCUT2D eigenvalue weighted by atomic mass is 9.90. The number of aryl methyl sites for hydroxylation is 2. The predicted octanol–water partition coefficient (Wildman–Crippen LogP) is 2.50. The molecule has 2 aromatic rings. The number of hydrogen-bond donors (Lipinski definition) is 2. The molecule has 0 saturated carbocycles. The number of sulfonamides is 1. The molecule has 0 radical (unpaired) electrons. The van der Waals surface area contributed by atoms with Gasteiger partial charge < -0.3 is 33.7 Å². The first-order valence-corrected chi connectivity index (χ1v) is 18.4. The number of aliphatic hydroxyl groups is 1. The Balaban J connectivity index is 1.36. The van der Waals surface area contributed by atoms with Gasteiger partial charge in [-0.25, -0.2) is 17.9 Å². The third kappa shape index (κ3) is 11.1. The van der Waals surface area contributed by atoms with E-state index in [2.05, 4.69) is 4.72 Å². The lowest BCUT2D eigenvalue weighted by molar-refractivity contribution is -0.245. The van der Waals surface area contributed by atoms with E-state index in [4.69, 9.17) is 23.7 Å². The van der Waals surface area contributed by atoms with Crippen LogP contribution in [0.4, 0.5) is 5.69 Å². The van der Waals surface area contributed by atoms with Crippen molar-refractivity contribution in [3.63, 3.8) is 0 Å². The maximum atomic E-state index is 12.6. The zero-order chi connectivity index (χ0) is 36.5. The normalized spacial score (nSPS) is 21.9. The van der Waals surface area contributed by atoms with Crippen LogP contribution in [0.1, 0.15) is 68.7 Å². The standard InChI is InChI=1S/C35H46N2O12S/c1-23(39)47-29-18-31(34(42)45-3)48-33(19-29)46-22-35(21-38,49-24(2)40)16-15-26-7-11-27(12-8-26)30-20-32(41)37(30)28-13-9-25(10-14-28)6-5-17-36-50(4,43)44/h7-14,29-31,33,36,38H,5-6,15-22H2,1-4H3/t29?,30?,31-,33?,35?/m0/s1. The molecule has 0 aliphatic carbocycles. The number of aliphatic hydroxyl groups excluding tert-OH is 1. The van der Waals surface area contributed by atoms with Crippen LogP contribution in [0.2, 0.25) is 0 Å². The third-order valence-electron chi connectivity index (χ3n) is 8.63. The van der Waals surface area contributed by atoms with E-state index in [0.29, 0.717) is 32.2 Å². The number of nitrogens with one attached hydrogen (secondary N) is 1. The Labute approximate surface area is 292 Å². The summed E-state index contributed by atoms with van der Waals surface area (Å²) in [6.45, 7) is 2.06. The van der Waals surface area contributed by atoms with Gasteiger partial charge in [0, 0.05) is 38.9 Å². The highest BCUT2D eigenvalue weighted by atomic mass is 32.2. The molecule has 4 rings (SSSR count). The number of nitrogens with zero attached hydrogens (tertiary/aromatic N) is 1. The summed E-state index contributed by atoms with van der Waals surface area (Å²) in [5.74, 6) is -1.76. The zero-order valence-electron chi connectivity index (χ0n) is 28.8. The fourth-order valence-electron chi connectivity index (χ4n) is 6.08. The smallest absolute Gasteiger partial charge is 0.335 e. The van der Waals surface area contributed by atoms with E-state index in [1.54, 1.807) is 4.90 Å². The maximum absolute atomic E-state index is 12.6. The van der Waals surface area contributed by atoms with Crippen LogP contribution in [0.15, 0.2) is 48.5 Å². The van der Waals surface area contributed by atoms with E-state index in [-0.39, 0.29) is 37.8 Å². The van der Waals surface area contributed by atoms with Gasteiger partial charge in [0.1, 0.15) is 6.10 Å². The summed E-state index contributed by atoms with van der Waals surface area (Å²) in [6.07, 6.45) is 1.03. The van der Waals surface area contributed by atoms with Crippen LogP contribution in [-0.4, -0.2) is 94.6 Å². The van der Waals surface area contributed by atoms with Crippen LogP contribution in [-0.2, 0) is 65.7 Å². The molecule has 2 aliphatic rings. The molecule has 50 heavy (non-hydrogen) atoms. The van der Waals surface area contributed by atoms with Crippen LogP contribution in [0.25, 0.3) is 0 Å². The lowest BCUT2D eigenvalue weighted by Gasteiger charge is -2.41. The van der Waals surface area contributed by atoms with E-state index in [0.717, 1.165) is 28.6 Å². The van der Waals surface area contributed by atoms with Gasteiger partial charge >= 0.3 is 17.9 Å². The summed E-state index contributed by atoms with van der Waals surface area (Å²) in [4.78, 5) is 50.2. The minimum absolute atomic E-state index is 0.0114. The second kappa shape index (κ2) is 17.4. The van der Waals surface area contributed by atoms with Crippen molar-refractivity contribution < 1.29 is 56.4 Å². The number of hydrogen-bond acceptors (Lipinski definition) is 12. The van der Waals surface area contributed by atoms with E-state index in [1.807, 2.05) is 48.5 Å². The Morgan fingerprint density at radius 3 is 2.24 bits per heavy atom. The van der Waals surface area contributed by atoms with Crippen LogP contribution >= 0.6 is 0 Å². The number of carbonyl (C=O) groups is 4. The van der Waals surface area contributed by atoms with E-state index in [9.17, 15) is 32.7 Å². The van der Waals surface area contributed by atoms with Crippen molar-refractivity contribution in [1.82, 2.24) is 4.72 Å². The summed E-state index contributed by atoms with van der Waals surface area (Å²) >= 11 is 0. The highest BCUT2D eigenvalue weighted by Crippen LogP contribution is 2.39. The highest BCUT2D eigenvalue weighted by molar-refractivity contribution is 7.88. The van der Waals surface area contributed by atoms with Crippen molar-refractivity contribution in [3.8, 4) is 0 Å². The SMILES string of the molecule is COC(=O)[C@@H]1CC(OC(C)=O)CC(OCC(CO)(CCc2ccc(C3CC(=O)N3c3ccc(CCCNS(C)(=O)=O)cc3)cc2)OC(C)=O)O1. The highest BCUT2D eigenvalue weighted by Gasteiger charge is 2.41. The lowest BCUT2D eigenvalue weighted by Crippen LogP contribution is -2.48.